The molecule has 0 heteroatoms. The average molecular weight is 324 g/mol. The van der Waals surface area contributed by atoms with E-state index in [2.05, 4.69) is 20.8 Å². The molecule has 0 heterocycles. The van der Waals surface area contributed by atoms with Crippen molar-refractivity contribution >= 4 is 0 Å². The molecule has 0 fully saturated rings. The van der Waals surface area contributed by atoms with Crippen molar-refractivity contribution in [1.29, 1.82) is 0 Å². The SMILES string of the molecule is [CH2]CCCC(CCCCCCCC)CCCCCCCCCC. The van der Waals surface area contributed by atoms with Gasteiger partial charge in [0.15, 0.2) is 0 Å². The molecule has 0 aromatic carbocycles. The van der Waals surface area contributed by atoms with Crippen LogP contribution in [0.15, 0.2) is 0 Å². The van der Waals surface area contributed by atoms with Crippen LogP contribution in [-0.4, -0.2) is 0 Å². The van der Waals surface area contributed by atoms with Crippen molar-refractivity contribution in [1.82, 2.24) is 0 Å². The van der Waals surface area contributed by atoms with Crippen LogP contribution in [0.3, 0.4) is 0 Å². The maximum absolute atomic E-state index is 4.03. The smallest absolute Gasteiger partial charge is 0.0414 e. The second-order valence-corrected chi connectivity index (χ2v) is 7.68. The Kier molecular flexibility index (Phi) is 20.0. The highest BCUT2D eigenvalue weighted by molar-refractivity contribution is 4.62. The lowest BCUT2D eigenvalue weighted by atomic mass is 9.90. The Labute approximate surface area is 149 Å². The van der Waals surface area contributed by atoms with Crippen LogP contribution in [0.5, 0.6) is 0 Å². The van der Waals surface area contributed by atoms with Gasteiger partial charge in [-0.05, 0) is 5.92 Å². The second-order valence-electron chi connectivity index (χ2n) is 7.68. The molecule has 0 spiro atoms. The van der Waals surface area contributed by atoms with Gasteiger partial charge in [0.05, 0.1) is 0 Å². The Morgan fingerprint density at radius 2 is 0.826 bits per heavy atom. The van der Waals surface area contributed by atoms with Crippen LogP contribution in [0.1, 0.15) is 136 Å². The Bertz CT molecular complexity index is 196. The van der Waals surface area contributed by atoms with E-state index in [-0.39, 0.29) is 0 Å². The molecule has 0 bridgehead atoms. The molecule has 0 aromatic rings. The molecule has 0 rings (SSSR count). The summed E-state index contributed by atoms with van der Waals surface area (Å²) in [5.41, 5.74) is 0. The van der Waals surface area contributed by atoms with Crippen LogP contribution in [0.25, 0.3) is 0 Å². The highest BCUT2D eigenvalue weighted by atomic mass is 14.1. The Balaban J connectivity index is 3.54. The Hall–Kier alpha value is 0. The van der Waals surface area contributed by atoms with Crippen molar-refractivity contribution in [3.63, 3.8) is 0 Å². The van der Waals surface area contributed by atoms with Crippen molar-refractivity contribution < 1.29 is 0 Å². The van der Waals surface area contributed by atoms with E-state index in [0.717, 1.165) is 12.3 Å². The zero-order valence-corrected chi connectivity index (χ0v) is 16.7. The third-order valence-corrected chi connectivity index (χ3v) is 5.29. The van der Waals surface area contributed by atoms with Gasteiger partial charge in [-0.3, -0.25) is 0 Å². The fourth-order valence-corrected chi connectivity index (χ4v) is 3.65. The van der Waals surface area contributed by atoms with E-state index in [1.807, 2.05) is 0 Å². The molecule has 0 aliphatic rings. The van der Waals surface area contributed by atoms with E-state index in [1.54, 1.807) is 0 Å². The van der Waals surface area contributed by atoms with Crippen molar-refractivity contribution in [2.24, 2.45) is 5.92 Å². The molecule has 0 N–H and O–H groups in total. The molecule has 0 aliphatic heterocycles. The molecule has 0 aliphatic carbocycles. The van der Waals surface area contributed by atoms with Crippen molar-refractivity contribution in [3.8, 4) is 0 Å². The Morgan fingerprint density at radius 1 is 0.478 bits per heavy atom. The molecule has 0 nitrogen and oxygen atoms in total. The lowest BCUT2D eigenvalue weighted by molar-refractivity contribution is 0.372. The van der Waals surface area contributed by atoms with E-state index in [1.165, 1.54) is 116 Å². The maximum atomic E-state index is 4.03. The van der Waals surface area contributed by atoms with Crippen LogP contribution >= 0.6 is 0 Å². The first kappa shape index (κ1) is 23.0. The molecule has 0 aromatic heterocycles. The maximum Gasteiger partial charge on any atom is -0.0414 e. The molecule has 0 saturated carbocycles. The first-order chi connectivity index (χ1) is 11.3. The molecule has 23 heavy (non-hydrogen) atoms. The van der Waals surface area contributed by atoms with Gasteiger partial charge in [0.25, 0.3) is 0 Å². The first-order valence-corrected chi connectivity index (χ1v) is 11.1. The Morgan fingerprint density at radius 3 is 1.22 bits per heavy atom. The summed E-state index contributed by atoms with van der Waals surface area (Å²) < 4.78 is 0. The zero-order chi connectivity index (χ0) is 17.0. The summed E-state index contributed by atoms with van der Waals surface area (Å²) in [6.07, 6.45) is 27.2. The van der Waals surface area contributed by atoms with Gasteiger partial charge in [-0.1, -0.05) is 143 Å². The topological polar surface area (TPSA) is 0 Å². The minimum absolute atomic E-state index is 1.00. The summed E-state index contributed by atoms with van der Waals surface area (Å²) >= 11 is 0. The molecule has 1 radical (unpaired) electrons. The van der Waals surface area contributed by atoms with E-state index < -0.39 is 0 Å². The number of unbranched alkanes of at least 4 members (excludes halogenated alkanes) is 13. The molecule has 0 saturated heterocycles. The molecular weight excluding hydrogens is 276 g/mol. The second kappa shape index (κ2) is 20.0. The van der Waals surface area contributed by atoms with Gasteiger partial charge in [0.2, 0.25) is 0 Å². The minimum atomic E-state index is 1.00. The summed E-state index contributed by atoms with van der Waals surface area (Å²) in [7, 11) is 0. The molecule has 0 amide bonds. The predicted octanol–water partition coefficient (Wildman–Crippen LogP) is 8.89. The van der Waals surface area contributed by atoms with Crippen LogP contribution in [0.2, 0.25) is 0 Å². The van der Waals surface area contributed by atoms with Gasteiger partial charge >= 0.3 is 0 Å². The quantitative estimate of drug-likeness (QED) is 0.208. The monoisotopic (exact) mass is 323 g/mol. The third kappa shape index (κ3) is 18.2. The summed E-state index contributed by atoms with van der Waals surface area (Å²) in [4.78, 5) is 0. The van der Waals surface area contributed by atoms with Crippen LogP contribution in [0.4, 0.5) is 0 Å². The lowest BCUT2D eigenvalue weighted by Crippen LogP contribution is -2.01. The van der Waals surface area contributed by atoms with Gasteiger partial charge in [-0.2, -0.15) is 0 Å². The van der Waals surface area contributed by atoms with Gasteiger partial charge in [-0.15, -0.1) is 0 Å². The highest BCUT2D eigenvalue weighted by Gasteiger charge is 2.08. The fourth-order valence-electron chi connectivity index (χ4n) is 3.65. The summed E-state index contributed by atoms with van der Waals surface area (Å²) in [6.45, 7) is 8.64. The van der Waals surface area contributed by atoms with Gasteiger partial charge in [0, 0.05) is 0 Å². The summed E-state index contributed by atoms with van der Waals surface area (Å²) in [5.74, 6) is 1.00. The number of rotatable bonds is 19. The van der Waals surface area contributed by atoms with Crippen molar-refractivity contribution in [3.05, 3.63) is 6.92 Å². The largest absolute Gasteiger partial charge is 0.0654 e. The van der Waals surface area contributed by atoms with Crippen molar-refractivity contribution in [2.75, 3.05) is 0 Å². The molecule has 1 unspecified atom stereocenters. The molecule has 1 atom stereocenters. The zero-order valence-electron chi connectivity index (χ0n) is 16.7. The number of hydrogen-bond acceptors (Lipinski definition) is 0. The van der Waals surface area contributed by atoms with E-state index >= 15 is 0 Å². The first-order valence-electron chi connectivity index (χ1n) is 11.1. The van der Waals surface area contributed by atoms with Gasteiger partial charge in [-0.25, -0.2) is 0 Å². The fraction of sp³-hybridized carbons (Fsp3) is 0.957. The van der Waals surface area contributed by atoms with E-state index in [0.29, 0.717) is 0 Å². The van der Waals surface area contributed by atoms with Gasteiger partial charge < -0.3 is 0 Å². The standard InChI is InChI=1S/C23H47/c1-4-7-10-12-14-15-17-19-22-23(20-9-6-3)21-18-16-13-11-8-5-2/h23H,3-22H2,1-2H3. The third-order valence-electron chi connectivity index (χ3n) is 5.29. The summed E-state index contributed by atoms with van der Waals surface area (Å²) in [5, 5.41) is 0. The molecule has 139 valence electrons. The van der Waals surface area contributed by atoms with Crippen LogP contribution in [0, 0.1) is 12.8 Å². The van der Waals surface area contributed by atoms with Crippen LogP contribution in [-0.2, 0) is 0 Å². The minimum Gasteiger partial charge on any atom is -0.0654 e. The van der Waals surface area contributed by atoms with Crippen LogP contribution < -0.4 is 0 Å². The lowest BCUT2D eigenvalue weighted by Gasteiger charge is -2.16. The predicted molar refractivity (Wildman–Crippen MR) is 108 cm³/mol. The summed E-state index contributed by atoms with van der Waals surface area (Å²) in [6, 6.07) is 0. The average Bonchev–Trinajstić information content (AvgIpc) is 2.57. The normalized spacial score (nSPS) is 12.7. The van der Waals surface area contributed by atoms with E-state index in [9.17, 15) is 0 Å². The highest BCUT2D eigenvalue weighted by Crippen LogP contribution is 2.24. The van der Waals surface area contributed by atoms with Gasteiger partial charge in [0.1, 0.15) is 0 Å². The van der Waals surface area contributed by atoms with E-state index in [4.69, 9.17) is 0 Å². The number of hydrogen-bond donors (Lipinski definition) is 0. The molecular formula is C23H47. The van der Waals surface area contributed by atoms with Crippen molar-refractivity contribution in [2.45, 2.75) is 136 Å².